The van der Waals surface area contributed by atoms with E-state index in [1.165, 1.54) is 30.1 Å². The van der Waals surface area contributed by atoms with Crippen molar-refractivity contribution < 1.29 is 0 Å². The molecule has 122 valence electrons. The van der Waals surface area contributed by atoms with E-state index < -0.39 is 8.24 Å². The normalized spacial score (nSPS) is 12.9. The number of rotatable bonds is 9. The lowest BCUT2D eigenvalue weighted by Crippen LogP contribution is -2.51. The molecule has 0 radical (unpaired) electrons. The van der Waals surface area contributed by atoms with Crippen molar-refractivity contribution in [3.05, 3.63) is 24.0 Å². The molecule has 1 heterocycles. The Morgan fingerprint density at radius 1 is 0.952 bits per heavy atom. The van der Waals surface area contributed by atoms with E-state index in [1.54, 1.807) is 5.56 Å². The van der Waals surface area contributed by atoms with Crippen molar-refractivity contribution in [3.8, 4) is 0 Å². The first-order valence-corrected chi connectivity index (χ1v) is 12.3. The van der Waals surface area contributed by atoms with Crippen LogP contribution in [0.1, 0.15) is 66.4 Å². The maximum Gasteiger partial charge on any atom is 0.168 e. The Kier molecular flexibility index (Phi) is 8.03. The highest BCUT2D eigenvalue weighted by Gasteiger charge is 2.44. The van der Waals surface area contributed by atoms with Crippen LogP contribution in [0.2, 0.25) is 16.6 Å². The van der Waals surface area contributed by atoms with Gasteiger partial charge >= 0.3 is 0 Å². The second kappa shape index (κ2) is 8.75. The van der Waals surface area contributed by atoms with Crippen LogP contribution in [0.15, 0.2) is 18.5 Å². The van der Waals surface area contributed by atoms with Crippen molar-refractivity contribution in [1.29, 1.82) is 0 Å². The zero-order valence-corrected chi connectivity index (χ0v) is 18.0. The van der Waals surface area contributed by atoms with Crippen molar-refractivity contribution in [2.24, 2.45) is 0 Å². The van der Waals surface area contributed by atoms with Crippen LogP contribution in [-0.2, 0) is 6.42 Å². The van der Waals surface area contributed by atoms with E-state index in [4.69, 9.17) is 0 Å². The molecule has 1 aromatic heterocycles. The first kappa shape index (κ1) is 19.3. The standard InChI is InChI=1S/C18H34INSi/c1-15(2)21(16(3)4,17(5)6)20-13-11-18(14-20)10-8-7-9-12-19/h11,13-17H,7-10,12H2,1-6H3. The van der Waals surface area contributed by atoms with Gasteiger partial charge in [-0.1, -0.05) is 70.6 Å². The van der Waals surface area contributed by atoms with Crippen LogP contribution in [0.4, 0.5) is 0 Å². The fraction of sp³-hybridized carbons (Fsp3) is 0.778. The lowest BCUT2D eigenvalue weighted by molar-refractivity contribution is 0.724. The lowest BCUT2D eigenvalue weighted by Gasteiger charge is -2.44. The third-order valence-corrected chi connectivity index (χ3v) is 12.6. The molecule has 0 aliphatic rings. The number of nitrogens with zero attached hydrogens (tertiary/aromatic N) is 1. The van der Waals surface area contributed by atoms with Gasteiger partial charge < -0.3 is 4.23 Å². The fourth-order valence-electron chi connectivity index (χ4n) is 4.32. The third kappa shape index (κ3) is 4.37. The third-order valence-electron chi connectivity index (χ3n) is 5.08. The van der Waals surface area contributed by atoms with Gasteiger partial charge in [0.05, 0.1) is 0 Å². The van der Waals surface area contributed by atoms with Crippen LogP contribution >= 0.6 is 22.6 Å². The summed E-state index contributed by atoms with van der Waals surface area (Å²) in [5.74, 6) is 0. The Hall–Kier alpha value is 0.227. The molecule has 0 amide bonds. The summed E-state index contributed by atoms with van der Waals surface area (Å²) in [4.78, 5) is 0. The number of alkyl halides is 1. The quantitative estimate of drug-likeness (QED) is 0.183. The molecule has 1 aromatic rings. The first-order chi connectivity index (χ1) is 9.87. The van der Waals surface area contributed by atoms with Crippen LogP contribution in [0.5, 0.6) is 0 Å². The molecular weight excluding hydrogens is 385 g/mol. The largest absolute Gasteiger partial charge is 0.379 e. The SMILES string of the molecule is CC(C)[Si](C(C)C)(C(C)C)n1ccc(CCCCCI)c1. The smallest absolute Gasteiger partial charge is 0.168 e. The maximum atomic E-state index is 2.67. The predicted octanol–water partition coefficient (Wildman–Crippen LogP) is 6.66. The van der Waals surface area contributed by atoms with Crippen LogP contribution in [0.25, 0.3) is 0 Å². The second-order valence-electron chi connectivity index (χ2n) is 7.28. The van der Waals surface area contributed by atoms with Crippen molar-refractivity contribution in [2.45, 2.75) is 83.8 Å². The summed E-state index contributed by atoms with van der Waals surface area (Å²) in [5, 5.41) is 0. The van der Waals surface area contributed by atoms with E-state index in [0.29, 0.717) is 0 Å². The summed E-state index contributed by atoms with van der Waals surface area (Å²) in [6.07, 6.45) is 10.2. The fourth-order valence-corrected chi connectivity index (χ4v) is 11.4. The maximum absolute atomic E-state index is 2.67. The minimum absolute atomic E-state index is 0.775. The molecule has 21 heavy (non-hydrogen) atoms. The van der Waals surface area contributed by atoms with Crippen LogP contribution in [-0.4, -0.2) is 16.9 Å². The molecule has 0 aliphatic carbocycles. The molecule has 0 unspecified atom stereocenters. The van der Waals surface area contributed by atoms with Crippen LogP contribution < -0.4 is 0 Å². The van der Waals surface area contributed by atoms with E-state index in [0.717, 1.165) is 16.6 Å². The molecule has 0 aromatic carbocycles. The van der Waals surface area contributed by atoms with E-state index in [1.807, 2.05) is 0 Å². The molecule has 0 saturated heterocycles. The topological polar surface area (TPSA) is 4.93 Å². The summed E-state index contributed by atoms with van der Waals surface area (Å²) in [5.41, 5.74) is 3.87. The Morgan fingerprint density at radius 3 is 2.00 bits per heavy atom. The van der Waals surface area contributed by atoms with E-state index >= 15 is 0 Å². The highest BCUT2D eigenvalue weighted by molar-refractivity contribution is 14.1. The van der Waals surface area contributed by atoms with Gasteiger partial charge in [0, 0.05) is 0 Å². The molecule has 1 rings (SSSR count). The number of unbranched alkanes of at least 4 members (excludes halogenated alkanes) is 2. The van der Waals surface area contributed by atoms with Gasteiger partial charge in [-0.2, -0.15) is 0 Å². The molecule has 1 nitrogen and oxygen atoms in total. The molecule has 0 bridgehead atoms. The minimum Gasteiger partial charge on any atom is -0.379 e. The van der Waals surface area contributed by atoms with Crippen molar-refractivity contribution in [3.63, 3.8) is 0 Å². The van der Waals surface area contributed by atoms with Gasteiger partial charge in [-0.3, -0.25) is 0 Å². The summed E-state index contributed by atoms with van der Waals surface area (Å²) in [7, 11) is -1.52. The minimum atomic E-state index is -1.52. The van der Waals surface area contributed by atoms with Crippen molar-refractivity contribution >= 4 is 30.8 Å². The molecule has 0 aliphatic heterocycles. The van der Waals surface area contributed by atoms with Gasteiger partial charge in [-0.05, 0) is 64.3 Å². The summed E-state index contributed by atoms with van der Waals surface area (Å²) in [6, 6.07) is 2.37. The summed E-state index contributed by atoms with van der Waals surface area (Å²) in [6.45, 7) is 14.6. The molecule has 0 N–H and O–H groups in total. The number of hydrogen-bond acceptors (Lipinski definition) is 0. The Labute approximate surface area is 147 Å². The van der Waals surface area contributed by atoms with Gasteiger partial charge in [0.15, 0.2) is 8.24 Å². The zero-order valence-electron chi connectivity index (χ0n) is 14.8. The first-order valence-electron chi connectivity index (χ1n) is 8.60. The van der Waals surface area contributed by atoms with Crippen molar-refractivity contribution in [1.82, 2.24) is 4.23 Å². The van der Waals surface area contributed by atoms with E-state index in [2.05, 4.69) is 86.8 Å². The number of halogens is 1. The Bertz CT molecular complexity index is 387. The van der Waals surface area contributed by atoms with Gasteiger partial charge in [0.2, 0.25) is 0 Å². The number of hydrogen-bond donors (Lipinski definition) is 0. The monoisotopic (exact) mass is 419 g/mol. The average Bonchev–Trinajstić information content (AvgIpc) is 2.83. The van der Waals surface area contributed by atoms with E-state index in [9.17, 15) is 0 Å². The molecule has 0 fully saturated rings. The van der Waals surface area contributed by atoms with Gasteiger partial charge in [0.1, 0.15) is 0 Å². The zero-order chi connectivity index (χ0) is 16.0. The lowest BCUT2D eigenvalue weighted by atomic mass is 10.1. The highest BCUT2D eigenvalue weighted by Crippen LogP contribution is 2.42. The van der Waals surface area contributed by atoms with E-state index in [-0.39, 0.29) is 0 Å². The van der Waals surface area contributed by atoms with Gasteiger partial charge in [-0.25, -0.2) is 0 Å². The summed E-state index contributed by atoms with van der Waals surface area (Å²) < 4.78 is 3.96. The molecule has 3 heteroatoms. The Morgan fingerprint density at radius 2 is 1.52 bits per heavy atom. The Balaban J connectivity index is 2.93. The predicted molar refractivity (Wildman–Crippen MR) is 107 cm³/mol. The van der Waals surface area contributed by atoms with Crippen molar-refractivity contribution in [2.75, 3.05) is 4.43 Å². The van der Waals surface area contributed by atoms with Gasteiger partial charge in [0.25, 0.3) is 0 Å². The second-order valence-corrected chi connectivity index (χ2v) is 14.1. The molecular formula is C18H34INSi. The van der Waals surface area contributed by atoms with Crippen LogP contribution in [0.3, 0.4) is 0 Å². The summed E-state index contributed by atoms with van der Waals surface area (Å²) >= 11 is 2.48. The molecule has 0 spiro atoms. The number of aromatic nitrogens is 1. The highest BCUT2D eigenvalue weighted by atomic mass is 127. The molecule has 0 atom stereocenters. The van der Waals surface area contributed by atoms with Gasteiger partial charge in [-0.15, -0.1) is 0 Å². The van der Waals surface area contributed by atoms with Crippen LogP contribution in [0, 0.1) is 0 Å². The molecule has 0 saturated carbocycles. The average molecular weight is 419 g/mol. The number of aryl methyl sites for hydroxylation is 1.